The molecule has 1 aromatic carbocycles. The number of non-ortho nitro benzene ring substituents is 1. The molecule has 0 bridgehead atoms. The summed E-state index contributed by atoms with van der Waals surface area (Å²) >= 11 is 0. The lowest BCUT2D eigenvalue weighted by Gasteiger charge is -2.20. The highest BCUT2D eigenvalue weighted by molar-refractivity contribution is 5.51. The summed E-state index contributed by atoms with van der Waals surface area (Å²) < 4.78 is 4.83. The Morgan fingerprint density at radius 3 is 2.88 bits per heavy atom. The molecule has 0 saturated carbocycles. The molecule has 0 aromatic heterocycles. The van der Waals surface area contributed by atoms with Crippen LogP contribution in [0.2, 0.25) is 0 Å². The number of anilines is 1. The van der Waals surface area contributed by atoms with Crippen molar-refractivity contribution in [3.8, 4) is 0 Å². The Morgan fingerprint density at radius 2 is 2.29 bits per heavy atom. The molecule has 2 N–H and O–H groups in total. The van der Waals surface area contributed by atoms with Gasteiger partial charge in [-0.25, -0.2) is 0 Å². The van der Waals surface area contributed by atoms with Gasteiger partial charge in [0.15, 0.2) is 6.29 Å². The van der Waals surface area contributed by atoms with Gasteiger partial charge in [0, 0.05) is 18.7 Å². The summed E-state index contributed by atoms with van der Waals surface area (Å²) in [6, 6.07) is 5.46. The predicted molar refractivity (Wildman–Crippen MR) is 59.9 cm³/mol. The molecule has 0 heterocycles. The highest BCUT2D eigenvalue weighted by atomic mass is 16.6. The van der Waals surface area contributed by atoms with Crippen molar-refractivity contribution in [3.63, 3.8) is 0 Å². The quantitative estimate of drug-likeness (QED) is 0.441. The molecule has 0 aliphatic heterocycles. The number of nitrogens with zero attached hydrogens (tertiary/aromatic N) is 2. The molecule has 0 radical (unpaired) electrons. The molecule has 0 amide bonds. The standard InChI is InChI=1S/C10H14N2O5/c1-2-17-10(13)7-11(14)8-4-3-5-9(6-8)12(15)16/h3-6,10,13-14H,2,7H2,1H3. The van der Waals surface area contributed by atoms with Crippen LogP contribution in [0.3, 0.4) is 0 Å². The van der Waals surface area contributed by atoms with Gasteiger partial charge in [0.05, 0.1) is 17.2 Å². The first-order chi connectivity index (χ1) is 8.04. The third-order valence-electron chi connectivity index (χ3n) is 2.03. The first-order valence-electron chi connectivity index (χ1n) is 5.05. The van der Waals surface area contributed by atoms with Gasteiger partial charge in [-0.05, 0) is 13.0 Å². The van der Waals surface area contributed by atoms with Crippen molar-refractivity contribution < 1.29 is 20.0 Å². The van der Waals surface area contributed by atoms with E-state index in [1.807, 2.05) is 0 Å². The molecule has 0 saturated heterocycles. The van der Waals surface area contributed by atoms with Crippen LogP contribution in [0.25, 0.3) is 0 Å². The van der Waals surface area contributed by atoms with Crippen LogP contribution in [0.5, 0.6) is 0 Å². The van der Waals surface area contributed by atoms with Crippen LogP contribution in [0.15, 0.2) is 24.3 Å². The minimum Gasteiger partial charge on any atom is -0.366 e. The van der Waals surface area contributed by atoms with E-state index in [0.717, 1.165) is 0 Å². The Kier molecular flexibility index (Phi) is 4.83. The molecule has 0 aliphatic carbocycles. The molecule has 7 nitrogen and oxygen atoms in total. The fraction of sp³-hybridized carbons (Fsp3) is 0.400. The number of ether oxygens (including phenoxy) is 1. The molecule has 1 unspecified atom stereocenters. The predicted octanol–water partition coefficient (Wildman–Crippen LogP) is 1.15. The Bertz CT molecular complexity index is 385. The zero-order chi connectivity index (χ0) is 12.8. The molecule has 0 aliphatic rings. The SMILES string of the molecule is CCOC(O)CN(O)c1cccc([N+](=O)[O-])c1. The summed E-state index contributed by atoms with van der Waals surface area (Å²) in [6.07, 6.45) is -1.15. The minimum atomic E-state index is -1.15. The van der Waals surface area contributed by atoms with E-state index in [2.05, 4.69) is 0 Å². The second-order valence-electron chi connectivity index (χ2n) is 3.27. The number of aliphatic hydroxyl groups excluding tert-OH is 1. The molecule has 1 aromatic rings. The monoisotopic (exact) mass is 242 g/mol. The van der Waals surface area contributed by atoms with Crippen molar-refractivity contribution in [3.05, 3.63) is 34.4 Å². The van der Waals surface area contributed by atoms with E-state index in [9.17, 15) is 20.4 Å². The molecule has 17 heavy (non-hydrogen) atoms. The van der Waals surface area contributed by atoms with Crippen LogP contribution in [-0.2, 0) is 4.74 Å². The van der Waals surface area contributed by atoms with Gasteiger partial charge in [0.25, 0.3) is 5.69 Å². The first kappa shape index (κ1) is 13.4. The van der Waals surface area contributed by atoms with Crippen molar-refractivity contribution in [1.29, 1.82) is 0 Å². The largest absolute Gasteiger partial charge is 0.366 e. The van der Waals surface area contributed by atoms with Gasteiger partial charge in [-0.15, -0.1) is 0 Å². The fourth-order valence-corrected chi connectivity index (χ4v) is 1.27. The lowest BCUT2D eigenvalue weighted by Crippen LogP contribution is -2.31. The number of aliphatic hydroxyl groups is 1. The summed E-state index contributed by atoms with van der Waals surface area (Å²) in [5, 5.41) is 30.1. The van der Waals surface area contributed by atoms with E-state index in [1.54, 1.807) is 6.92 Å². The first-order valence-corrected chi connectivity index (χ1v) is 5.05. The maximum Gasteiger partial charge on any atom is 0.271 e. The summed E-state index contributed by atoms with van der Waals surface area (Å²) in [6.45, 7) is 1.83. The Hall–Kier alpha value is -1.70. The minimum absolute atomic E-state index is 0.132. The summed E-state index contributed by atoms with van der Waals surface area (Å²) in [4.78, 5) is 9.97. The highest BCUT2D eigenvalue weighted by Gasteiger charge is 2.13. The molecule has 94 valence electrons. The lowest BCUT2D eigenvalue weighted by atomic mass is 10.3. The Balaban J connectivity index is 2.71. The maximum absolute atomic E-state index is 10.5. The zero-order valence-corrected chi connectivity index (χ0v) is 9.31. The van der Waals surface area contributed by atoms with Gasteiger partial charge in [0.2, 0.25) is 0 Å². The lowest BCUT2D eigenvalue weighted by molar-refractivity contribution is -0.384. The maximum atomic E-state index is 10.5. The van der Waals surface area contributed by atoms with Gasteiger partial charge in [-0.1, -0.05) is 6.07 Å². The zero-order valence-electron chi connectivity index (χ0n) is 9.31. The van der Waals surface area contributed by atoms with E-state index in [-0.39, 0.29) is 17.9 Å². The van der Waals surface area contributed by atoms with Crippen molar-refractivity contribution in [1.82, 2.24) is 0 Å². The highest BCUT2D eigenvalue weighted by Crippen LogP contribution is 2.19. The van der Waals surface area contributed by atoms with Crippen LogP contribution < -0.4 is 5.06 Å². The number of rotatable bonds is 6. The van der Waals surface area contributed by atoms with Gasteiger partial charge in [0.1, 0.15) is 0 Å². The number of hydroxylamine groups is 1. The second kappa shape index (κ2) is 6.14. The van der Waals surface area contributed by atoms with Crippen LogP contribution >= 0.6 is 0 Å². The van der Waals surface area contributed by atoms with Crippen LogP contribution in [0.4, 0.5) is 11.4 Å². The van der Waals surface area contributed by atoms with Crippen molar-refractivity contribution in [2.24, 2.45) is 0 Å². The number of hydrogen-bond acceptors (Lipinski definition) is 6. The molecular formula is C10H14N2O5. The summed E-state index contributed by atoms with van der Waals surface area (Å²) in [5.74, 6) is 0. The van der Waals surface area contributed by atoms with E-state index >= 15 is 0 Å². The van der Waals surface area contributed by atoms with E-state index in [0.29, 0.717) is 11.7 Å². The van der Waals surface area contributed by atoms with E-state index in [4.69, 9.17) is 4.74 Å². The molecule has 0 spiro atoms. The number of hydrogen-bond donors (Lipinski definition) is 2. The van der Waals surface area contributed by atoms with Gasteiger partial charge in [-0.2, -0.15) is 0 Å². The average Bonchev–Trinajstić information content (AvgIpc) is 2.29. The van der Waals surface area contributed by atoms with Crippen LogP contribution in [0, 0.1) is 10.1 Å². The molecule has 7 heteroatoms. The van der Waals surface area contributed by atoms with Crippen LogP contribution in [0.1, 0.15) is 6.92 Å². The van der Waals surface area contributed by atoms with Crippen molar-refractivity contribution >= 4 is 11.4 Å². The normalized spacial score (nSPS) is 12.2. The summed E-state index contributed by atoms with van der Waals surface area (Å²) in [7, 11) is 0. The molecule has 1 atom stereocenters. The van der Waals surface area contributed by atoms with E-state index < -0.39 is 11.2 Å². The molecular weight excluding hydrogens is 228 g/mol. The number of benzene rings is 1. The van der Waals surface area contributed by atoms with Crippen molar-refractivity contribution in [2.75, 3.05) is 18.2 Å². The second-order valence-corrected chi connectivity index (χ2v) is 3.27. The topological polar surface area (TPSA) is 96.1 Å². The van der Waals surface area contributed by atoms with Gasteiger partial charge in [-0.3, -0.25) is 20.4 Å². The number of nitro benzene ring substituents is 1. The smallest absolute Gasteiger partial charge is 0.271 e. The average molecular weight is 242 g/mol. The summed E-state index contributed by atoms with van der Waals surface area (Å²) in [5.41, 5.74) is 0.0883. The molecule has 0 fully saturated rings. The van der Waals surface area contributed by atoms with Crippen LogP contribution in [-0.4, -0.2) is 34.7 Å². The van der Waals surface area contributed by atoms with Gasteiger partial charge < -0.3 is 9.84 Å². The number of nitro groups is 1. The van der Waals surface area contributed by atoms with Crippen molar-refractivity contribution in [2.45, 2.75) is 13.2 Å². The third kappa shape index (κ3) is 3.99. The fourth-order valence-electron chi connectivity index (χ4n) is 1.27. The van der Waals surface area contributed by atoms with E-state index in [1.165, 1.54) is 24.3 Å². The van der Waals surface area contributed by atoms with Gasteiger partial charge >= 0.3 is 0 Å². The Morgan fingerprint density at radius 1 is 1.59 bits per heavy atom. The molecule has 1 rings (SSSR count). The Labute approximate surface area is 98.0 Å². The third-order valence-corrected chi connectivity index (χ3v) is 2.03.